The van der Waals surface area contributed by atoms with Gasteiger partial charge in [-0.25, -0.2) is 0 Å². The third-order valence-corrected chi connectivity index (χ3v) is 3.52. The maximum absolute atomic E-state index is 12.0. The molecule has 0 saturated heterocycles. The van der Waals surface area contributed by atoms with Crippen LogP contribution in [0.15, 0.2) is 12.3 Å². The molecule has 0 unspecified atom stereocenters. The van der Waals surface area contributed by atoms with Crippen molar-refractivity contribution < 1.29 is 4.79 Å². The number of rotatable bonds is 4. The van der Waals surface area contributed by atoms with Crippen molar-refractivity contribution in [3.8, 4) is 0 Å². The predicted octanol–water partition coefficient (Wildman–Crippen LogP) is 2.21. The molecule has 4 heteroatoms. The van der Waals surface area contributed by atoms with Crippen LogP contribution in [0.5, 0.6) is 0 Å². The Morgan fingerprint density at radius 1 is 1.47 bits per heavy atom. The van der Waals surface area contributed by atoms with Gasteiger partial charge in [0.05, 0.1) is 0 Å². The van der Waals surface area contributed by atoms with Crippen LogP contribution in [0.25, 0.3) is 0 Å². The van der Waals surface area contributed by atoms with Crippen LogP contribution in [-0.4, -0.2) is 22.2 Å². The number of aryl methyl sites for hydroxylation is 1. The highest BCUT2D eigenvalue weighted by Crippen LogP contribution is 2.22. The Kier molecular flexibility index (Phi) is 4.18. The number of nitrogens with zero attached hydrogens (tertiary/aromatic N) is 2. The molecular formula is C13H21N3O. The fraction of sp³-hybridized carbons (Fsp3) is 0.692. The van der Waals surface area contributed by atoms with Crippen LogP contribution in [0.2, 0.25) is 0 Å². The number of carbonyl (C=O) groups excluding carboxylic acids is 1. The Morgan fingerprint density at radius 3 is 2.94 bits per heavy atom. The lowest BCUT2D eigenvalue weighted by molar-refractivity contribution is 0.0933. The van der Waals surface area contributed by atoms with Gasteiger partial charge >= 0.3 is 0 Å². The van der Waals surface area contributed by atoms with E-state index in [0.717, 1.165) is 13.1 Å². The van der Waals surface area contributed by atoms with Gasteiger partial charge < -0.3 is 5.32 Å². The number of carbonyl (C=O) groups is 1. The van der Waals surface area contributed by atoms with Gasteiger partial charge in [0, 0.05) is 19.3 Å². The van der Waals surface area contributed by atoms with E-state index in [-0.39, 0.29) is 5.91 Å². The van der Waals surface area contributed by atoms with Gasteiger partial charge in [-0.15, -0.1) is 0 Å². The summed E-state index contributed by atoms with van der Waals surface area (Å²) >= 11 is 0. The molecule has 1 N–H and O–H groups in total. The van der Waals surface area contributed by atoms with E-state index in [0.29, 0.717) is 11.6 Å². The SMILES string of the molecule is CCn1nccc1C(=O)NCC1CCCCC1. The molecule has 1 fully saturated rings. The fourth-order valence-corrected chi connectivity index (χ4v) is 2.50. The second kappa shape index (κ2) is 5.84. The summed E-state index contributed by atoms with van der Waals surface area (Å²) in [4.78, 5) is 12.0. The lowest BCUT2D eigenvalue weighted by Crippen LogP contribution is -2.31. The first-order chi connectivity index (χ1) is 8.31. The molecule has 1 amide bonds. The standard InChI is InChI=1S/C13H21N3O/c1-2-16-12(8-9-15-16)13(17)14-10-11-6-4-3-5-7-11/h8-9,11H,2-7,10H2,1H3,(H,14,17). The fourth-order valence-electron chi connectivity index (χ4n) is 2.50. The average Bonchev–Trinajstić information content (AvgIpc) is 2.85. The zero-order chi connectivity index (χ0) is 12.1. The van der Waals surface area contributed by atoms with E-state index >= 15 is 0 Å². The second-order valence-electron chi connectivity index (χ2n) is 4.75. The van der Waals surface area contributed by atoms with Crippen molar-refractivity contribution in [2.75, 3.05) is 6.54 Å². The number of amides is 1. The van der Waals surface area contributed by atoms with Crippen LogP contribution in [0, 0.1) is 5.92 Å². The Morgan fingerprint density at radius 2 is 2.24 bits per heavy atom. The number of aromatic nitrogens is 2. The van der Waals surface area contributed by atoms with E-state index in [2.05, 4.69) is 10.4 Å². The van der Waals surface area contributed by atoms with Crippen molar-refractivity contribution in [2.24, 2.45) is 5.92 Å². The molecule has 94 valence electrons. The van der Waals surface area contributed by atoms with Gasteiger partial charge in [0.2, 0.25) is 0 Å². The highest BCUT2D eigenvalue weighted by molar-refractivity contribution is 5.92. The molecule has 1 aliphatic carbocycles. The maximum atomic E-state index is 12.0. The second-order valence-corrected chi connectivity index (χ2v) is 4.75. The van der Waals surface area contributed by atoms with E-state index in [4.69, 9.17) is 0 Å². The van der Waals surface area contributed by atoms with Crippen LogP contribution in [0.4, 0.5) is 0 Å². The van der Waals surface area contributed by atoms with Crippen LogP contribution in [0.1, 0.15) is 49.5 Å². The van der Waals surface area contributed by atoms with E-state index in [1.165, 1.54) is 32.1 Å². The monoisotopic (exact) mass is 235 g/mol. The van der Waals surface area contributed by atoms with Crippen LogP contribution in [0.3, 0.4) is 0 Å². The summed E-state index contributed by atoms with van der Waals surface area (Å²) in [7, 11) is 0. The zero-order valence-electron chi connectivity index (χ0n) is 10.5. The smallest absolute Gasteiger partial charge is 0.269 e. The molecular weight excluding hydrogens is 214 g/mol. The zero-order valence-corrected chi connectivity index (χ0v) is 10.5. The molecule has 0 aliphatic heterocycles. The maximum Gasteiger partial charge on any atom is 0.269 e. The van der Waals surface area contributed by atoms with Crippen LogP contribution >= 0.6 is 0 Å². The third kappa shape index (κ3) is 3.08. The molecule has 0 atom stereocenters. The quantitative estimate of drug-likeness (QED) is 0.869. The van der Waals surface area contributed by atoms with Crippen molar-refractivity contribution in [3.05, 3.63) is 18.0 Å². The van der Waals surface area contributed by atoms with Gasteiger partial charge in [0.25, 0.3) is 5.91 Å². The molecule has 1 aliphatic rings. The molecule has 1 aromatic heterocycles. The van der Waals surface area contributed by atoms with E-state index in [1.807, 2.05) is 6.92 Å². The topological polar surface area (TPSA) is 46.9 Å². The lowest BCUT2D eigenvalue weighted by atomic mass is 9.89. The Bertz CT molecular complexity index is 366. The van der Waals surface area contributed by atoms with E-state index < -0.39 is 0 Å². The minimum Gasteiger partial charge on any atom is -0.350 e. The molecule has 1 heterocycles. The minimum atomic E-state index is 0.00919. The van der Waals surface area contributed by atoms with Gasteiger partial charge in [-0.3, -0.25) is 9.48 Å². The summed E-state index contributed by atoms with van der Waals surface area (Å²) in [5, 5.41) is 7.14. The third-order valence-electron chi connectivity index (χ3n) is 3.52. The summed E-state index contributed by atoms with van der Waals surface area (Å²) in [5.41, 5.74) is 0.670. The van der Waals surface area contributed by atoms with Crippen molar-refractivity contribution >= 4 is 5.91 Å². The van der Waals surface area contributed by atoms with Gasteiger partial charge in [-0.05, 0) is 31.7 Å². The van der Waals surface area contributed by atoms with E-state index in [1.54, 1.807) is 16.9 Å². The lowest BCUT2D eigenvalue weighted by Gasteiger charge is -2.21. The van der Waals surface area contributed by atoms with Crippen molar-refractivity contribution in [1.29, 1.82) is 0 Å². The summed E-state index contributed by atoms with van der Waals surface area (Å²) in [5.74, 6) is 0.681. The van der Waals surface area contributed by atoms with Gasteiger partial charge in [-0.1, -0.05) is 19.3 Å². The largest absolute Gasteiger partial charge is 0.350 e. The summed E-state index contributed by atoms with van der Waals surface area (Å²) in [6, 6.07) is 1.78. The predicted molar refractivity (Wildman–Crippen MR) is 66.8 cm³/mol. The first-order valence-corrected chi connectivity index (χ1v) is 6.61. The number of hydrogen-bond donors (Lipinski definition) is 1. The molecule has 0 spiro atoms. The molecule has 0 bridgehead atoms. The summed E-state index contributed by atoms with van der Waals surface area (Å²) in [6.45, 7) is 3.54. The number of hydrogen-bond acceptors (Lipinski definition) is 2. The Labute approximate surface area is 102 Å². The van der Waals surface area contributed by atoms with Gasteiger partial charge in [-0.2, -0.15) is 5.10 Å². The highest BCUT2D eigenvalue weighted by atomic mass is 16.2. The average molecular weight is 235 g/mol. The van der Waals surface area contributed by atoms with Gasteiger partial charge in [0.15, 0.2) is 0 Å². The van der Waals surface area contributed by atoms with Crippen molar-refractivity contribution in [2.45, 2.75) is 45.6 Å². The minimum absolute atomic E-state index is 0.00919. The molecule has 4 nitrogen and oxygen atoms in total. The molecule has 17 heavy (non-hydrogen) atoms. The molecule has 0 aromatic carbocycles. The first-order valence-electron chi connectivity index (χ1n) is 6.61. The van der Waals surface area contributed by atoms with Crippen molar-refractivity contribution in [3.63, 3.8) is 0 Å². The molecule has 2 rings (SSSR count). The van der Waals surface area contributed by atoms with Crippen molar-refractivity contribution in [1.82, 2.24) is 15.1 Å². The molecule has 1 aromatic rings. The summed E-state index contributed by atoms with van der Waals surface area (Å²) in [6.07, 6.45) is 8.17. The Hall–Kier alpha value is -1.32. The van der Waals surface area contributed by atoms with Crippen LogP contribution < -0.4 is 5.32 Å². The highest BCUT2D eigenvalue weighted by Gasteiger charge is 2.16. The normalized spacial score (nSPS) is 17.0. The first kappa shape index (κ1) is 12.1. The van der Waals surface area contributed by atoms with E-state index in [9.17, 15) is 4.79 Å². The summed E-state index contributed by atoms with van der Waals surface area (Å²) < 4.78 is 1.73. The molecule has 0 radical (unpaired) electrons. The van der Waals surface area contributed by atoms with Gasteiger partial charge in [0.1, 0.15) is 5.69 Å². The van der Waals surface area contributed by atoms with Crippen LogP contribution in [-0.2, 0) is 6.54 Å². The molecule has 1 saturated carbocycles. The Balaban J connectivity index is 1.84. The number of nitrogens with one attached hydrogen (secondary N) is 1.